The SMILES string of the molecule is CCC(C)(C)Oc1nccnc1CCN1CCCC(COc2ccccc2F)CC1. The predicted molar refractivity (Wildman–Crippen MR) is 116 cm³/mol. The van der Waals surface area contributed by atoms with Crippen LogP contribution in [0.3, 0.4) is 0 Å². The Labute approximate surface area is 179 Å². The molecule has 0 N–H and O–H groups in total. The molecule has 6 heteroatoms. The number of hydrogen-bond acceptors (Lipinski definition) is 5. The van der Waals surface area contributed by atoms with Crippen LogP contribution in [0.25, 0.3) is 0 Å². The molecule has 0 spiro atoms. The van der Waals surface area contributed by atoms with E-state index in [2.05, 4.69) is 35.6 Å². The minimum Gasteiger partial charge on any atom is -0.490 e. The summed E-state index contributed by atoms with van der Waals surface area (Å²) in [6, 6.07) is 6.62. The van der Waals surface area contributed by atoms with Gasteiger partial charge in [0.05, 0.1) is 6.61 Å². The Morgan fingerprint density at radius 1 is 1.13 bits per heavy atom. The molecule has 1 atom stereocenters. The van der Waals surface area contributed by atoms with E-state index >= 15 is 0 Å². The van der Waals surface area contributed by atoms with Crippen LogP contribution < -0.4 is 9.47 Å². The van der Waals surface area contributed by atoms with Crippen LogP contribution in [-0.2, 0) is 6.42 Å². The summed E-state index contributed by atoms with van der Waals surface area (Å²) in [6.07, 6.45) is 8.44. The average molecular weight is 416 g/mol. The molecular weight excluding hydrogens is 381 g/mol. The van der Waals surface area contributed by atoms with E-state index in [0.717, 1.165) is 57.4 Å². The minimum atomic E-state index is -0.291. The number of ether oxygens (including phenoxy) is 2. The Kier molecular flexibility index (Phi) is 8.02. The molecule has 5 nitrogen and oxygen atoms in total. The van der Waals surface area contributed by atoms with Crippen molar-refractivity contribution in [2.75, 3.05) is 26.2 Å². The molecular formula is C24H34FN3O2. The molecule has 30 heavy (non-hydrogen) atoms. The zero-order valence-electron chi connectivity index (χ0n) is 18.4. The summed E-state index contributed by atoms with van der Waals surface area (Å²) in [5.41, 5.74) is 0.668. The summed E-state index contributed by atoms with van der Waals surface area (Å²) in [6.45, 7) is 9.84. The summed E-state index contributed by atoms with van der Waals surface area (Å²) in [7, 11) is 0. The molecule has 2 aromatic rings. The van der Waals surface area contributed by atoms with Gasteiger partial charge in [-0.3, -0.25) is 4.98 Å². The minimum absolute atomic E-state index is 0.251. The van der Waals surface area contributed by atoms with E-state index in [1.165, 1.54) is 6.07 Å². The van der Waals surface area contributed by atoms with Crippen LogP contribution in [0.4, 0.5) is 4.39 Å². The van der Waals surface area contributed by atoms with Crippen molar-refractivity contribution in [3.8, 4) is 11.6 Å². The maximum Gasteiger partial charge on any atom is 0.236 e. The third-order valence-electron chi connectivity index (χ3n) is 5.88. The topological polar surface area (TPSA) is 47.5 Å². The lowest BCUT2D eigenvalue weighted by Gasteiger charge is -2.25. The second kappa shape index (κ2) is 10.7. The molecule has 1 aromatic heterocycles. The number of halogens is 1. The molecule has 0 bridgehead atoms. The molecule has 2 heterocycles. The van der Waals surface area contributed by atoms with Gasteiger partial charge in [-0.25, -0.2) is 9.37 Å². The largest absolute Gasteiger partial charge is 0.490 e. The number of hydrogen-bond donors (Lipinski definition) is 0. The summed E-state index contributed by atoms with van der Waals surface area (Å²) in [4.78, 5) is 11.4. The first-order chi connectivity index (χ1) is 14.5. The van der Waals surface area contributed by atoms with Gasteiger partial charge in [-0.2, -0.15) is 0 Å². The van der Waals surface area contributed by atoms with E-state index in [0.29, 0.717) is 24.2 Å². The zero-order chi connectivity index (χ0) is 21.4. The highest BCUT2D eigenvalue weighted by Crippen LogP contribution is 2.24. The lowest BCUT2D eigenvalue weighted by molar-refractivity contribution is 0.0964. The van der Waals surface area contributed by atoms with Gasteiger partial charge in [0.2, 0.25) is 5.88 Å². The normalized spacial score (nSPS) is 18.1. The Morgan fingerprint density at radius 3 is 2.73 bits per heavy atom. The zero-order valence-corrected chi connectivity index (χ0v) is 18.4. The highest BCUT2D eigenvalue weighted by Gasteiger charge is 2.22. The summed E-state index contributed by atoms with van der Waals surface area (Å²) >= 11 is 0. The highest BCUT2D eigenvalue weighted by atomic mass is 19.1. The van der Waals surface area contributed by atoms with Gasteiger partial charge in [-0.05, 0) is 70.7 Å². The Balaban J connectivity index is 1.48. The number of likely N-dealkylation sites (tertiary alicyclic amines) is 1. The van der Waals surface area contributed by atoms with Gasteiger partial charge in [0.25, 0.3) is 0 Å². The van der Waals surface area contributed by atoms with Gasteiger partial charge in [0.1, 0.15) is 11.3 Å². The average Bonchev–Trinajstić information content (AvgIpc) is 2.97. The van der Waals surface area contributed by atoms with Crippen LogP contribution in [-0.4, -0.2) is 46.7 Å². The molecule has 3 rings (SSSR count). The second-order valence-corrected chi connectivity index (χ2v) is 8.65. The van der Waals surface area contributed by atoms with Gasteiger partial charge in [0.15, 0.2) is 11.6 Å². The summed E-state index contributed by atoms with van der Waals surface area (Å²) in [5, 5.41) is 0. The fourth-order valence-corrected chi connectivity index (χ4v) is 3.59. The second-order valence-electron chi connectivity index (χ2n) is 8.65. The van der Waals surface area contributed by atoms with Crippen LogP contribution in [0, 0.1) is 11.7 Å². The van der Waals surface area contributed by atoms with Crippen LogP contribution in [0.1, 0.15) is 52.1 Å². The van der Waals surface area contributed by atoms with Crippen LogP contribution >= 0.6 is 0 Å². The quantitative estimate of drug-likeness (QED) is 0.583. The van der Waals surface area contributed by atoms with Crippen LogP contribution in [0.15, 0.2) is 36.7 Å². The molecule has 1 fully saturated rings. The Morgan fingerprint density at radius 2 is 1.93 bits per heavy atom. The van der Waals surface area contributed by atoms with Gasteiger partial charge in [-0.15, -0.1) is 0 Å². The lowest BCUT2D eigenvalue weighted by Crippen LogP contribution is -2.30. The monoisotopic (exact) mass is 415 g/mol. The predicted octanol–water partition coefficient (Wildman–Crippen LogP) is 4.91. The van der Waals surface area contributed by atoms with Crippen molar-refractivity contribution in [1.29, 1.82) is 0 Å². The van der Waals surface area contributed by atoms with Crippen molar-refractivity contribution in [3.05, 3.63) is 48.2 Å². The Bertz CT molecular complexity index is 800. The number of benzene rings is 1. The molecule has 1 aliphatic rings. The van der Waals surface area contributed by atoms with Crippen molar-refractivity contribution in [1.82, 2.24) is 14.9 Å². The molecule has 1 aliphatic heterocycles. The molecule has 1 aromatic carbocycles. The van der Waals surface area contributed by atoms with Gasteiger partial charge in [0, 0.05) is 25.4 Å². The van der Waals surface area contributed by atoms with E-state index in [1.807, 2.05) is 0 Å². The van der Waals surface area contributed by atoms with Gasteiger partial charge < -0.3 is 14.4 Å². The van der Waals surface area contributed by atoms with E-state index in [1.54, 1.807) is 30.6 Å². The molecule has 0 saturated carbocycles. The molecule has 0 aliphatic carbocycles. The van der Waals surface area contributed by atoms with Crippen molar-refractivity contribution >= 4 is 0 Å². The first-order valence-corrected chi connectivity index (χ1v) is 11.1. The smallest absolute Gasteiger partial charge is 0.236 e. The lowest BCUT2D eigenvalue weighted by atomic mass is 10.0. The summed E-state index contributed by atoms with van der Waals surface area (Å²) < 4.78 is 25.6. The molecule has 0 amide bonds. The van der Waals surface area contributed by atoms with Crippen molar-refractivity contribution < 1.29 is 13.9 Å². The number of aromatic nitrogens is 2. The van der Waals surface area contributed by atoms with E-state index < -0.39 is 0 Å². The third kappa shape index (κ3) is 6.66. The standard InChI is InChI=1S/C24H34FN3O2/c1-4-24(2,3)30-23-21(26-13-14-27-23)12-17-28-15-7-8-19(11-16-28)18-29-22-10-6-5-9-20(22)25/h5-6,9-10,13-14,19H,4,7-8,11-12,15-18H2,1-3H3. The van der Waals surface area contributed by atoms with Crippen molar-refractivity contribution in [2.45, 2.75) is 58.5 Å². The fraction of sp³-hybridized carbons (Fsp3) is 0.583. The van der Waals surface area contributed by atoms with E-state index in [9.17, 15) is 4.39 Å². The van der Waals surface area contributed by atoms with Gasteiger partial charge >= 0.3 is 0 Å². The first kappa shape index (κ1) is 22.5. The van der Waals surface area contributed by atoms with Gasteiger partial charge in [-0.1, -0.05) is 19.1 Å². The maximum absolute atomic E-state index is 13.8. The highest BCUT2D eigenvalue weighted by molar-refractivity contribution is 5.23. The van der Waals surface area contributed by atoms with Crippen molar-refractivity contribution in [3.63, 3.8) is 0 Å². The van der Waals surface area contributed by atoms with Crippen LogP contribution in [0.2, 0.25) is 0 Å². The molecule has 0 radical (unpaired) electrons. The number of para-hydroxylation sites is 1. The van der Waals surface area contributed by atoms with E-state index in [4.69, 9.17) is 9.47 Å². The summed E-state index contributed by atoms with van der Waals surface area (Å²) in [5.74, 6) is 1.16. The van der Waals surface area contributed by atoms with Crippen LogP contribution in [0.5, 0.6) is 11.6 Å². The fourth-order valence-electron chi connectivity index (χ4n) is 3.59. The third-order valence-corrected chi connectivity index (χ3v) is 5.88. The maximum atomic E-state index is 13.8. The van der Waals surface area contributed by atoms with Crippen molar-refractivity contribution in [2.24, 2.45) is 5.92 Å². The number of nitrogens with zero attached hydrogens (tertiary/aromatic N) is 3. The number of rotatable bonds is 9. The van der Waals surface area contributed by atoms with E-state index in [-0.39, 0.29) is 11.4 Å². The molecule has 164 valence electrons. The molecule has 1 unspecified atom stereocenters. The first-order valence-electron chi connectivity index (χ1n) is 11.1. The molecule has 1 saturated heterocycles. The Hall–Kier alpha value is -2.21.